The Kier molecular flexibility index (Phi) is 5.62. The van der Waals surface area contributed by atoms with Crippen LogP contribution >= 0.6 is 0 Å². The molecule has 2 aromatic carbocycles. The van der Waals surface area contributed by atoms with Crippen LogP contribution in [0.4, 0.5) is 11.4 Å². The average molecular weight is 338 g/mol. The molecule has 0 bridgehead atoms. The standard InChI is InChI=1S/C21H26N2O2/c1-6-23(18-10-8-7-9-11-18)20(25)21(4,5)19(24)22-17-13-15(2)12-16(3)14-17/h7-14H,6H2,1-5H3,(H,22,24). The first-order valence-corrected chi connectivity index (χ1v) is 8.52. The van der Waals surface area contributed by atoms with Crippen LogP contribution in [0.15, 0.2) is 48.5 Å². The van der Waals surface area contributed by atoms with E-state index in [1.807, 2.05) is 69.3 Å². The Hall–Kier alpha value is -2.62. The molecule has 0 aromatic heterocycles. The minimum atomic E-state index is -1.18. The maximum absolute atomic E-state index is 13.0. The highest BCUT2D eigenvalue weighted by atomic mass is 16.2. The van der Waals surface area contributed by atoms with Crippen molar-refractivity contribution in [2.75, 3.05) is 16.8 Å². The zero-order valence-electron chi connectivity index (χ0n) is 15.6. The molecule has 2 aromatic rings. The molecule has 0 saturated heterocycles. The molecule has 2 amide bonds. The Morgan fingerprint density at radius 3 is 2.08 bits per heavy atom. The fourth-order valence-corrected chi connectivity index (χ4v) is 2.82. The number of anilines is 2. The molecule has 0 aliphatic heterocycles. The normalized spacial score (nSPS) is 11.1. The molecule has 1 N–H and O–H groups in total. The highest BCUT2D eigenvalue weighted by Gasteiger charge is 2.39. The van der Waals surface area contributed by atoms with Crippen molar-refractivity contribution in [1.29, 1.82) is 0 Å². The summed E-state index contributed by atoms with van der Waals surface area (Å²) >= 11 is 0. The lowest BCUT2D eigenvalue weighted by Gasteiger charge is -2.30. The van der Waals surface area contributed by atoms with Gasteiger partial charge in [-0.1, -0.05) is 24.3 Å². The van der Waals surface area contributed by atoms with Crippen molar-refractivity contribution in [3.63, 3.8) is 0 Å². The van der Waals surface area contributed by atoms with Crippen LogP contribution in [-0.2, 0) is 9.59 Å². The van der Waals surface area contributed by atoms with Crippen LogP contribution in [-0.4, -0.2) is 18.4 Å². The summed E-state index contributed by atoms with van der Waals surface area (Å²) in [6, 6.07) is 15.3. The molecular formula is C21H26N2O2. The molecular weight excluding hydrogens is 312 g/mol. The van der Waals surface area contributed by atoms with Crippen molar-refractivity contribution in [3.8, 4) is 0 Å². The van der Waals surface area contributed by atoms with Gasteiger partial charge in [0, 0.05) is 17.9 Å². The van der Waals surface area contributed by atoms with Crippen LogP contribution in [0.3, 0.4) is 0 Å². The van der Waals surface area contributed by atoms with Gasteiger partial charge in [-0.3, -0.25) is 9.59 Å². The van der Waals surface area contributed by atoms with Gasteiger partial charge in [-0.05, 0) is 70.0 Å². The molecule has 0 unspecified atom stereocenters. The fraction of sp³-hybridized carbons (Fsp3) is 0.333. The summed E-state index contributed by atoms with van der Waals surface area (Å²) in [4.78, 5) is 27.5. The van der Waals surface area contributed by atoms with Crippen molar-refractivity contribution >= 4 is 23.2 Å². The molecule has 0 aliphatic rings. The minimum absolute atomic E-state index is 0.219. The molecule has 0 radical (unpaired) electrons. The van der Waals surface area contributed by atoms with E-state index in [0.717, 1.165) is 16.8 Å². The number of amides is 2. The van der Waals surface area contributed by atoms with Crippen LogP contribution < -0.4 is 10.2 Å². The molecule has 4 nitrogen and oxygen atoms in total. The van der Waals surface area contributed by atoms with Gasteiger partial charge < -0.3 is 10.2 Å². The second kappa shape index (κ2) is 7.51. The third-order valence-electron chi connectivity index (χ3n) is 4.21. The summed E-state index contributed by atoms with van der Waals surface area (Å²) < 4.78 is 0. The number of rotatable bonds is 5. The van der Waals surface area contributed by atoms with E-state index in [1.54, 1.807) is 18.7 Å². The average Bonchev–Trinajstić information content (AvgIpc) is 2.55. The topological polar surface area (TPSA) is 49.4 Å². The zero-order valence-corrected chi connectivity index (χ0v) is 15.6. The number of hydrogen-bond acceptors (Lipinski definition) is 2. The van der Waals surface area contributed by atoms with Gasteiger partial charge >= 0.3 is 0 Å². The summed E-state index contributed by atoms with van der Waals surface area (Å²) in [5.41, 5.74) is 2.47. The van der Waals surface area contributed by atoms with Crippen LogP contribution in [0.5, 0.6) is 0 Å². The lowest BCUT2D eigenvalue weighted by molar-refractivity contribution is -0.136. The van der Waals surface area contributed by atoms with E-state index in [9.17, 15) is 9.59 Å². The number of para-hydroxylation sites is 1. The number of carbonyl (C=O) groups excluding carboxylic acids is 2. The third kappa shape index (κ3) is 4.27. The molecule has 0 spiro atoms. The lowest BCUT2D eigenvalue weighted by atomic mass is 9.89. The molecule has 0 aliphatic carbocycles. The van der Waals surface area contributed by atoms with Gasteiger partial charge in [0.15, 0.2) is 0 Å². The van der Waals surface area contributed by atoms with E-state index < -0.39 is 5.41 Å². The maximum Gasteiger partial charge on any atom is 0.242 e. The Balaban J connectivity index is 2.23. The third-order valence-corrected chi connectivity index (χ3v) is 4.21. The van der Waals surface area contributed by atoms with Gasteiger partial charge in [-0.25, -0.2) is 0 Å². The van der Waals surface area contributed by atoms with Gasteiger partial charge in [0.1, 0.15) is 5.41 Å². The second-order valence-electron chi connectivity index (χ2n) is 6.84. The zero-order chi connectivity index (χ0) is 18.6. The van der Waals surface area contributed by atoms with E-state index in [0.29, 0.717) is 12.2 Å². The number of aryl methyl sites for hydroxylation is 2. The van der Waals surface area contributed by atoms with Crippen molar-refractivity contribution in [2.24, 2.45) is 5.41 Å². The maximum atomic E-state index is 13.0. The largest absolute Gasteiger partial charge is 0.325 e. The molecule has 0 fully saturated rings. The number of benzene rings is 2. The molecule has 0 heterocycles. The van der Waals surface area contributed by atoms with E-state index in [2.05, 4.69) is 5.32 Å². The SMILES string of the molecule is CCN(C(=O)C(C)(C)C(=O)Nc1cc(C)cc(C)c1)c1ccccc1. The second-order valence-corrected chi connectivity index (χ2v) is 6.84. The highest BCUT2D eigenvalue weighted by molar-refractivity contribution is 6.14. The van der Waals surface area contributed by atoms with Crippen LogP contribution in [0.2, 0.25) is 0 Å². The molecule has 2 rings (SSSR count). The fourth-order valence-electron chi connectivity index (χ4n) is 2.82. The van der Waals surface area contributed by atoms with Crippen molar-refractivity contribution in [2.45, 2.75) is 34.6 Å². The van der Waals surface area contributed by atoms with Crippen LogP contribution in [0, 0.1) is 19.3 Å². The summed E-state index contributed by atoms with van der Waals surface area (Å²) in [6.45, 7) is 9.70. The predicted molar refractivity (Wildman–Crippen MR) is 103 cm³/mol. The summed E-state index contributed by atoms with van der Waals surface area (Å²) in [5.74, 6) is -0.528. The van der Waals surface area contributed by atoms with Gasteiger partial charge in [0.2, 0.25) is 11.8 Å². The number of nitrogens with one attached hydrogen (secondary N) is 1. The molecule has 4 heteroatoms. The number of hydrogen-bond donors (Lipinski definition) is 1. The minimum Gasteiger partial charge on any atom is -0.325 e. The monoisotopic (exact) mass is 338 g/mol. The lowest BCUT2D eigenvalue weighted by Crippen LogP contribution is -2.47. The van der Waals surface area contributed by atoms with Gasteiger partial charge in [0.25, 0.3) is 0 Å². The van der Waals surface area contributed by atoms with Crippen LogP contribution in [0.25, 0.3) is 0 Å². The molecule has 132 valence electrons. The molecule has 0 saturated carbocycles. The Morgan fingerprint density at radius 2 is 1.56 bits per heavy atom. The quantitative estimate of drug-likeness (QED) is 0.825. The van der Waals surface area contributed by atoms with Crippen molar-refractivity contribution < 1.29 is 9.59 Å². The molecule has 25 heavy (non-hydrogen) atoms. The van der Waals surface area contributed by atoms with E-state index in [4.69, 9.17) is 0 Å². The van der Waals surface area contributed by atoms with Crippen molar-refractivity contribution in [3.05, 3.63) is 59.7 Å². The van der Waals surface area contributed by atoms with Gasteiger partial charge in [-0.15, -0.1) is 0 Å². The Morgan fingerprint density at radius 1 is 1.00 bits per heavy atom. The highest BCUT2D eigenvalue weighted by Crippen LogP contribution is 2.26. The Labute approximate surface area is 149 Å². The summed E-state index contributed by atoms with van der Waals surface area (Å²) in [6.07, 6.45) is 0. The van der Waals surface area contributed by atoms with E-state index >= 15 is 0 Å². The van der Waals surface area contributed by atoms with Gasteiger partial charge in [0.05, 0.1) is 0 Å². The first kappa shape index (κ1) is 18.7. The Bertz CT molecular complexity index is 746. The first-order chi connectivity index (χ1) is 11.8. The first-order valence-electron chi connectivity index (χ1n) is 8.52. The van der Waals surface area contributed by atoms with Crippen LogP contribution in [0.1, 0.15) is 31.9 Å². The summed E-state index contributed by atoms with van der Waals surface area (Å²) in [7, 11) is 0. The summed E-state index contributed by atoms with van der Waals surface area (Å²) in [5, 5.41) is 2.89. The number of carbonyl (C=O) groups is 2. The van der Waals surface area contributed by atoms with Crippen molar-refractivity contribution in [1.82, 2.24) is 0 Å². The van der Waals surface area contributed by atoms with E-state index in [1.165, 1.54) is 0 Å². The number of nitrogens with zero attached hydrogens (tertiary/aromatic N) is 1. The predicted octanol–water partition coefficient (Wildman–Crippen LogP) is 4.32. The molecule has 0 atom stereocenters. The van der Waals surface area contributed by atoms with E-state index in [-0.39, 0.29) is 11.8 Å². The van der Waals surface area contributed by atoms with Gasteiger partial charge in [-0.2, -0.15) is 0 Å². The smallest absolute Gasteiger partial charge is 0.242 e.